The third kappa shape index (κ3) is 1.52. The fourth-order valence-electron chi connectivity index (χ4n) is 1.31. The molecule has 0 aromatic carbocycles. The van der Waals surface area contributed by atoms with Crippen LogP contribution in [0.1, 0.15) is 32.9 Å². The van der Waals surface area contributed by atoms with Crippen molar-refractivity contribution in [1.82, 2.24) is 4.98 Å². The molecule has 1 atom stereocenters. The summed E-state index contributed by atoms with van der Waals surface area (Å²) >= 11 is 1.53. The molecular formula is C9H15NOS. The third-order valence-electron chi connectivity index (χ3n) is 2.37. The molecule has 2 nitrogen and oxygen atoms in total. The Balaban J connectivity index is 2.96. The van der Waals surface area contributed by atoms with Crippen LogP contribution in [0.25, 0.3) is 0 Å². The van der Waals surface area contributed by atoms with Crippen molar-refractivity contribution in [1.29, 1.82) is 0 Å². The molecule has 0 saturated carbocycles. The van der Waals surface area contributed by atoms with E-state index in [0.29, 0.717) is 6.42 Å². The Labute approximate surface area is 77.3 Å². The first-order chi connectivity index (χ1) is 5.61. The summed E-state index contributed by atoms with van der Waals surface area (Å²) in [6.07, 6.45) is 0.717. The van der Waals surface area contributed by atoms with E-state index < -0.39 is 5.60 Å². The summed E-state index contributed by atoms with van der Waals surface area (Å²) in [5.74, 6) is 0.213. The van der Waals surface area contributed by atoms with Gasteiger partial charge in [0.15, 0.2) is 0 Å². The summed E-state index contributed by atoms with van der Waals surface area (Å²) in [4.78, 5) is 4.15. The van der Waals surface area contributed by atoms with Crippen LogP contribution in [0.3, 0.4) is 0 Å². The standard InChI is InChI=1S/C9H15NOS/c1-4-9(11,7(2)3)8-5-12-6-10-8/h5-7,11H,4H2,1-3H3. The highest BCUT2D eigenvalue weighted by Gasteiger charge is 2.32. The van der Waals surface area contributed by atoms with Crippen LogP contribution in [0.5, 0.6) is 0 Å². The fraction of sp³-hybridized carbons (Fsp3) is 0.667. The number of aliphatic hydroxyl groups is 1. The van der Waals surface area contributed by atoms with Crippen LogP contribution in [0.2, 0.25) is 0 Å². The van der Waals surface area contributed by atoms with Gasteiger partial charge in [-0.1, -0.05) is 20.8 Å². The van der Waals surface area contributed by atoms with Gasteiger partial charge in [-0.15, -0.1) is 11.3 Å². The Morgan fingerprint density at radius 2 is 2.33 bits per heavy atom. The largest absolute Gasteiger partial charge is 0.383 e. The average Bonchev–Trinajstić information content (AvgIpc) is 2.54. The monoisotopic (exact) mass is 185 g/mol. The van der Waals surface area contributed by atoms with Crippen molar-refractivity contribution >= 4 is 11.3 Å². The molecule has 1 heterocycles. The molecule has 0 aliphatic carbocycles. The van der Waals surface area contributed by atoms with Crippen molar-refractivity contribution in [2.75, 3.05) is 0 Å². The van der Waals surface area contributed by atoms with Crippen LogP contribution in [0.15, 0.2) is 10.9 Å². The minimum atomic E-state index is -0.736. The summed E-state index contributed by atoms with van der Waals surface area (Å²) in [6.45, 7) is 6.02. The number of hydrogen-bond acceptors (Lipinski definition) is 3. The van der Waals surface area contributed by atoms with E-state index in [4.69, 9.17) is 0 Å². The Morgan fingerprint density at radius 1 is 1.67 bits per heavy atom. The molecule has 0 aliphatic heterocycles. The molecule has 3 heteroatoms. The molecule has 0 radical (unpaired) electrons. The molecule has 1 rings (SSSR count). The predicted molar refractivity (Wildman–Crippen MR) is 51.1 cm³/mol. The molecule has 0 aliphatic rings. The van der Waals surface area contributed by atoms with Gasteiger partial charge in [0.05, 0.1) is 11.2 Å². The second kappa shape index (κ2) is 3.54. The minimum absolute atomic E-state index is 0.213. The van der Waals surface area contributed by atoms with Gasteiger partial charge >= 0.3 is 0 Å². The van der Waals surface area contributed by atoms with Gasteiger partial charge in [-0.25, -0.2) is 4.98 Å². The Morgan fingerprint density at radius 3 is 2.67 bits per heavy atom. The van der Waals surface area contributed by atoms with Crippen LogP contribution >= 0.6 is 11.3 Å². The van der Waals surface area contributed by atoms with Gasteiger partial charge in [0.25, 0.3) is 0 Å². The van der Waals surface area contributed by atoms with Gasteiger partial charge in [0.2, 0.25) is 0 Å². The lowest BCUT2D eigenvalue weighted by Gasteiger charge is -2.29. The lowest BCUT2D eigenvalue weighted by Crippen LogP contribution is -2.31. The van der Waals surface area contributed by atoms with Crippen molar-refractivity contribution in [2.45, 2.75) is 32.8 Å². The molecule has 1 aromatic rings. The summed E-state index contributed by atoms with van der Waals surface area (Å²) in [5.41, 5.74) is 1.84. The lowest BCUT2D eigenvalue weighted by atomic mass is 9.85. The Kier molecular flexibility index (Phi) is 2.85. The first-order valence-electron chi connectivity index (χ1n) is 4.22. The Bertz CT molecular complexity index is 233. The van der Waals surface area contributed by atoms with Gasteiger partial charge in [-0.3, -0.25) is 0 Å². The van der Waals surface area contributed by atoms with E-state index in [9.17, 15) is 5.11 Å². The second-order valence-electron chi connectivity index (χ2n) is 3.31. The Hall–Kier alpha value is -0.410. The van der Waals surface area contributed by atoms with Crippen LogP contribution in [-0.2, 0) is 5.60 Å². The molecule has 0 saturated heterocycles. The zero-order valence-corrected chi connectivity index (χ0v) is 8.56. The van der Waals surface area contributed by atoms with Gasteiger partial charge in [-0.2, -0.15) is 0 Å². The van der Waals surface area contributed by atoms with Gasteiger partial charge in [-0.05, 0) is 12.3 Å². The average molecular weight is 185 g/mol. The van der Waals surface area contributed by atoms with E-state index in [1.54, 1.807) is 5.51 Å². The summed E-state index contributed by atoms with van der Waals surface area (Å²) in [6, 6.07) is 0. The number of nitrogens with zero attached hydrogens (tertiary/aromatic N) is 1. The number of rotatable bonds is 3. The molecule has 12 heavy (non-hydrogen) atoms. The highest BCUT2D eigenvalue weighted by atomic mass is 32.1. The third-order valence-corrected chi connectivity index (χ3v) is 2.96. The van der Waals surface area contributed by atoms with Gasteiger partial charge < -0.3 is 5.11 Å². The first kappa shape index (κ1) is 9.68. The summed E-state index contributed by atoms with van der Waals surface area (Å²) in [7, 11) is 0. The normalized spacial score (nSPS) is 16.4. The van der Waals surface area contributed by atoms with Crippen molar-refractivity contribution in [3.63, 3.8) is 0 Å². The lowest BCUT2D eigenvalue weighted by molar-refractivity contribution is -0.0175. The molecule has 1 aromatic heterocycles. The van der Waals surface area contributed by atoms with Crippen molar-refractivity contribution < 1.29 is 5.11 Å². The maximum absolute atomic E-state index is 10.2. The molecular weight excluding hydrogens is 170 g/mol. The van der Waals surface area contributed by atoms with Crippen LogP contribution in [0, 0.1) is 5.92 Å². The van der Waals surface area contributed by atoms with Crippen LogP contribution < -0.4 is 0 Å². The van der Waals surface area contributed by atoms with E-state index >= 15 is 0 Å². The molecule has 0 spiro atoms. The molecule has 0 amide bonds. The molecule has 1 N–H and O–H groups in total. The summed E-state index contributed by atoms with van der Waals surface area (Å²) in [5, 5.41) is 12.1. The molecule has 0 fully saturated rings. The quantitative estimate of drug-likeness (QED) is 0.784. The van der Waals surface area contributed by atoms with E-state index in [-0.39, 0.29) is 5.92 Å². The fourth-order valence-corrected chi connectivity index (χ4v) is 1.94. The zero-order valence-electron chi connectivity index (χ0n) is 7.74. The van der Waals surface area contributed by atoms with E-state index in [2.05, 4.69) is 4.98 Å². The highest BCUT2D eigenvalue weighted by molar-refractivity contribution is 7.07. The van der Waals surface area contributed by atoms with Crippen molar-refractivity contribution in [3.05, 3.63) is 16.6 Å². The SMILES string of the molecule is CCC(O)(c1cscn1)C(C)C. The summed E-state index contributed by atoms with van der Waals surface area (Å²) < 4.78 is 0. The minimum Gasteiger partial charge on any atom is -0.383 e. The number of hydrogen-bond donors (Lipinski definition) is 1. The molecule has 0 bridgehead atoms. The van der Waals surface area contributed by atoms with Crippen LogP contribution in [0.4, 0.5) is 0 Å². The van der Waals surface area contributed by atoms with Gasteiger partial charge in [0.1, 0.15) is 5.60 Å². The maximum atomic E-state index is 10.2. The van der Waals surface area contributed by atoms with Crippen LogP contribution in [-0.4, -0.2) is 10.1 Å². The predicted octanol–water partition coefficient (Wildman–Crippen LogP) is 2.40. The zero-order chi connectivity index (χ0) is 9.19. The van der Waals surface area contributed by atoms with E-state index in [1.807, 2.05) is 26.2 Å². The number of thiazole rings is 1. The van der Waals surface area contributed by atoms with Crippen molar-refractivity contribution in [3.8, 4) is 0 Å². The van der Waals surface area contributed by atoms with Gasteiger partial charge in [0, 0.05) is 5.38 Å². The van der Waals surface area contributed by atoms with E-state index in [1.165, 1.54) is 11.3 Å². The highest BCUT2D eigenvalue weighted by Crippen LogP contribution is 2.32. The van der Waals surface area contributed by atoms with E-state index in [0.717, 1.165) is 5.69 Å². The molecule has 68 valence electrons. The maximum Gasteiger partial charge on any atom is 0.109 e. The topological polar surface area (TPSA) is 33.1 Å². The smallest absolute Gasteiger partial charge is 0.109 e. The number of aromatic nitrogens is 1. The second-order valence-corrected chi connectivity index (χ2v) is 4.02. The van der Waals surface area contributed by atoms with Crippen molar-refractivity contribution in [2.24, 2.45) is 5.92 Å². The first-order valence-corrected chi connectivity index (χ1v) is 5.16. The molecule has 1 unspecified atom stereocenters.